The first-order valence-electron chi connectivity index (χ1n) is 9.90. The molecule has 0 N–H and O–H groups in total. The number of piperidine rings is 1. The van der Waals surface area contributed by atoms with Crippen molar-refractivity contribution in [1.29, 1.82) is 0 Å². The Balaban J connectivity index is 1.29. The van der Waals surface area contributed by atoms with Gasteiger partial charge in [0.1, 0.15) is 0 Å². The van der Waals surface area contributed by atoms with Crippen molar-refractivity contribution in [2.24, 2.45) is 5.41 Å². The average Bonchev–Trinajstić information content (AvgIpc) is 3.22. The Morgan fingerprint density at radius 2 is 2.00 bits per heavy atom. The largest absolute Gasteiger partial charge is 0.339 e. The lowest BCUT2D eigenvalue weighted by atomic mass is 9.92. The number of hydrogen-bond donors (Lipinski definition) is 0. The third-order valence-electron chi connectivity index (χ3n) is 6.40. The van der Waals surface area contributed by atoms with Crippen LogP contribution in [0.2, 0.25) is 5.02 Å². The molecule has 3 heterocycles. The molecule has 30 heavy (non-hydrogen) atoms. The highest BCUT2D eigenvalue weighted by molar-refractivity contribution is 7.89. The Labute approximate surface area is 180 Å². The molecule has 1 aromatic carbocycles. The van der Waals surface area contributed by atoms with E-state index in [-0.39, 0.29) is 16.2 Å². The number of hydrogen-bond acceptors (Lipinski definition) is 6. The maximum Gasteiger partial charge on any atom is 0.243 e. The molecule has 1 aliphatic carbocycles. The van der Waals surface area contributed by atoms with Gasteiger partial charge >= 0.3 is 0 Å². The van der Waals surface area contributed by atoms with Crippen molar-refractivity contribution in [1.82, 2.24) is 19.4 Å². The van der Waals surface area contributed by atoms with E-state index in [2.05, 4.69) is 15.1 Å². The van der Waals surface area contributed by atoms with Crippen LogP contribution in [0.15, 0.2) is 52.1 Å². The second kappa shape index (κ2) is 7.14. The molecule has 2 aliphatic rings. The van der Waals surface area contributed by atoms with Gasteiger partial charge in [0.15, 0.2) is 0 Å². The number of nitrogens with zero attached hydrogens (tertiary/aromatic N) is 4. The first kappa shape index (κ1) is 19.7. The molecule has 1 aliphatic heterocycles. The molecule has 1 saturated heterocycles. The van der Waals surface area contributed by atoms with E-state index in [1.807, 2.05) is 12.1 Å². The van der Waals surface area contributed by atoms with Crippen LogP contribution in [0.4, 0.5) is 0 Å². The van der Waals surface area contributed by atoms with Gasteiger partial charge in [0.25, 0.3) is 0 Å². The van der Waals surface area contributed by atoms with Gasteiger partial charge in [0.2, 0.25) is 21.7 Å². The monoisotopic (exact) mass is 444 g/mol. The molecule has 1 atom stereocenters. The minimum Gasteiger partial charge on any atom is -0.339 e. The van der Waals surface area contributed by atoms with Crippen LogP contribution in [0.1, 0.15) is 36.6 Å². The number of benzene rings is 1. The molecule has 2 fully saturated rings. The van der Waals surface area contributed by atoms with Crippen molar-refractivity contribution in [3.63, 3.8) is 0 Å². The Morgan fingerprint density at radius 3 is 2.73 bits per heavy atom. The van der Waals surface area contributed by atoms with Crippen LogP contribution in [-0.2, 0) is 10.0 Å². The first-order chi connectivity index (χ1) is 14.4. The van der Waals surface area contributed by atoms with E-state index < -0.39 is 10.0 Å². The summed E-state index contributed by atoms with van der Waals surface area (Å²) in [6, 6.07) is 8.74. The normalized spacial score (nSPS) is 21.1. The molecule has 0 amide bonds. The third-order valence-corrected chi connectivity index (χ3v) is 8.86. The minimum atomic E-state index is -3.56. The molecule has 7 nitrogen and oxygen atoms in total. The van der Waals surface area contributed by atoms with E-state index in [0.29, 0.717) is 35.4 Å². The van der Waals surface area contributed by atoms with Gasteiger partial charge in [0.05, 0.1) is 4.90 Å². The van der Waals surface area contributed by atoms with Gasteiger partial charge in [0, 0.05) is 42.0 Å². The van der Waals surface area contributed by atoms with E-state index in [9.17, 15) is 8.42 Å². The highest BCUT2D eigenvalue weighted by atomic mass is 35.5. The zero-order valence-electron chi connectivity index (χ0n) is 16.5. The molecule has 5 rings (SSSR count). The molecule has 0 bridgehead atoms. The van der Waals surface area contributed by atoms with E-state index in [1.54, 1.807) is 41.8 Å². The summed E-state index contributed by atoms with van der Waals surface area (Å²) in [6.45, 7) is 2.70. The third kappa shape index (κ3) is 3.23. The van der Waals surface area contributed by atoms with E-state index >= 15 is 0 Å². The van der Waals surface area contributed by atoms with Gasteiger partial charge < -0.3 is 4.52 Å². The number of sulfonamides is 1. The van der Waals surface area contributed by atoms with E-state index in [4.69, 9.17) is 16.1 Å². The van der Waals surface area contributed by atoms with Crippen molar-refractivity contribution in [3.05, 3.63) is 59.2 Å². The molecule has 9 heteroatoms. The Morgan fingerprint density at radius 1 is 1.20 bits per heavy atom. The number of pyridine rings is 1. The summed E-state index contributed by atoms with van der Waals surface area (Å²) in [5.41, 5.74) is 1.46. The fraction of sp³-hybridized carbons (Fsp3) is 0.381. The van der Waals surface area contributed by atoms with Crippen LogP contribution in [-0.4, -0.2) is 40.9 Å². The molecular weight excluding hydrogens is 424 g/mol. The average molecular weight is 445 g/mol. The summed E-state index contributed by atoms with van der Waals surface area (Å²) >= 11 is 6.14. The molecule has 0 unspecified atom stereocenters. The Bertz CT molecular complexity index is 1190. The molecule has 3 aromatic rings. The smallest absolute Gasteiger partial charge is 0.243 e. The van der Waals surface area contributed by atoms with Crippen LogP contribution in [0.3, 0.4) is 0 Å². The fourth-order valence-electron chi connectivity index (χ4n) is 4.42. The second-order valence-corrected chi connectivity index (χ2v) is 10.4. The van der Waals surface area contributed by atoms with Crippen LogP contribution in [0.5, 0.6) is 0 Å². The quantitative estimate of drug-likeness (QED) is 0.603. The van der Waals surface area contributed by atoms with Crippen molar-refractivity contribution in [2.45, 2.75) is 37.0 Å². The van der Waals surface area contributed by atoms with Gasteiger partial charge in [-0.15, -0.1) is 0 Å². The second-order valence-electron chi connectivity index (χ2n) is 8.08. The zero-order chi connectivity index (χ0) is 20.9. The van der Waals surface area contributed by atoms with E-state index in [1.165, 1.54) is 0 Å². The lowest BCUT2D eigenvalue weighted by Gasteiger charge is -2.32. The van der Waals surface area contributed by atoms with Crippen LogP contribution >= 0.6 is 11.6 Å². The number of aromatic nitrogens is 3. The molecule has 1 saturated carbocycles. The van der Waals surface area contributed by atoms with Gasteiger partial charge in [-0.1, -0.05) is 22.8 Å². The topological polar surface area (TPSA) is 89.2 Å². The van der Waals surface area contributed by atoms with Crippen molar-refractivity contribution >= 4 is 21.6 Å². The zero-order valence-corrected chi connectivity index (χ0v) is 18.0. The lowest BCUT2D eigenvalue weighted by molar-refractivity contribution is 0.242. The van der Waals surface area contributed by atoms with Gasteiger partial charge in [-0.3, -0.25) is 4.98 Å². The van der Waals surface area contributed by atoms with Crippen LogP contribution in [0, 0.1) is 12.3 Å². The van der Waals surface area contributed by atoms with Crippen molar-refractivity contribution in [3.8, 4) is 11.4 Å². The fourth-order valence-corrected chi connectivity index (χ4v) is 6.34. The number of halogens is 1. The summed E-state index contributed by atoms with van der Waals surface area (Å²) in [5.74, 6) is 1.36. The molecule has 156 valence electrons. The summed E-state index contributed by atoms with van der Waals surface area (Å²) < 4.78 is 33.3. The maximum absolute atomic E-state index is 13.1. The predicted octanol–water partition coefficient (Wildman–Crippen LogP) is 4.05. The Kier molecular flexibility index (Phi) is 4.68. The summed E-state index contributed by atoms with van der Waals surface area (Å²) in [6.07, 6.45) is 5.92. The van der Waals surface area contributed by atoms with E-state index in [0.717, 1.165) is 24.8 Å². The standard InChI is InChI=1S/C21H21ClN4O3S/c1-14-17(22)5-2-6-18(14)30(27,28)26-10-7-21(8-11-26)12-16(21)20-24-19(25-29-20)15-4-3-9-23-13-15/h2-6,9,13,16H,7-8,10-12H2,1H3/t16-/m0/s1. The molecule has 0 radical (unpaired) electrons. The van der Waals surface area contributed by atoms with Crippen molar-refractivity contribution < 1.29 is 12.9 Å². The Hall–Kier alpha value is -2.29. The minimum absolute atomic E-state index is 0.0497. The van der Waals surface area contributed by atoms with Gasteiger partial charge in [-0.2, -0.15) is 9.29 Å². The SMILES string of the molecule is Cc1c(Cl)cccc1S(=O)(=O)N1CCC2(CC1)C[C@H]2c1nc(-c2cccnc2)no1. The van der Waals surface area contributed by atoms with Crippen LogP contribution in [0.25, 0.3) is 11.4 Å². The van der Waals surface area contributed by atoms with Crippen molar-refractivity contribution in [2.75, 3.05) is 13.1 Å². The molecule has 1 spiro atoms. The highest BCUT2D eigenvalue weighted by Gasteiger charge is 2.59. The van der Waals surface area contributed by atoms with Gasteiger partial charge in [-0.05, 0) is 61.4 Å². The number of rotatable bonds is 4. The summed E-state index contributed by atoms with van der Waals surface area (Å²) in [5, 5.41) is 4.56. The van der Waals surface area contributed by atoms with Gasteiger partial charge in [-0.25, -0.2) is 8.42 Å². The first-order valence-corrected chi connectivity index (χ1v) is 11.7. The van der Waals surface area contributed by atoms with Crippen LogP contribution < -0.4 is 0 Å². The maximum atomic E-state index is 13.1. The molecular formula is C21H21ClN4O3S. The predicted molar refractivity (Wildman–Crippen MR) is 112 cm³/mol. The summed E-state index contributed by atoms with van der Waals surface area (Å²) in [4.78, 5) is 8.94. The lowest BCUT2D eigenvalue weighted by Crippen LogP contribution is -2.39. The molecule has 2 aromatic heterocycles. The summed E-state index contributed by atoms with van der Waals surface area (Å²) in [7, 11) is -3.56. The highest BCUT2D eigenvalue weighted by Crippen LogP contribution is 2.64.